The Kier molecular flexibility index (Phi) is 5.02. The molecule has 0 saturated carbocycles. The van der Waals surface area contributed by atoms with Crippen LogP contribution in [0.15, 0.2) is 24.3 Å². The molecule has 0 amide bonds. The van der Waals surface area contributed by atoms with E-state index >= 15 is 0 Å². The first-order valence-corrected chi connectivity index (χ1v) is 7.27. The van der Waals surface area contributed by atoms with E-state index in [1.807, 2.05) is 38.1 Å². The van der Waals surface area contributed by atoms with Gasteiger partial charge in [0.2, 0.25) is 0 Å². The summed E-state index contributed by atoms with van der Waals surface area (Å²) >= 11 is 0. The molecule has 0 radical (unpaired) electrons. The molecule has 2 unspecified atom stereocenters. The smallest absolute Gasteiger partial charge is 0.122 e. The molecule has 2 N–H and O–H groups in total. The number of hydrogen-bond donors (Lipinski definition) is 2. The van der Waals surface area contributed by atoms with Crippen molar-refractivity contribution in [2.45, 2.75) is 24.9 Å². The van der Waals surface area contributed by atoms with E-state index in [0.717, 1.165) is 25.3 Å². The minimum atomic E-state index is -0.700. The minimum absolute atomic E-state index is 0.468. The summed E-state index contributed by atoms with van der Waals surface area (Å²) in [5.41, 5.74) is 0.576. The van der Waals surface area contributed by atoms with Crippen LogP contribution < -0.4 is 10.1 Å². The summed E-state index contributed by atoms with van der Waals surface area (Å²) in [7, 11) is 3.95. The van der Waals surface area contributed by atoms with Crippen molar-refractivity contribution in [3.63, 3.8) is 0 Å². The van der Waals surface area contributed by atoms with Gasteiger partial charge in [-0.25, -0.2) is 0 Å². The third kappa shape index (κ3) is 4.20. The Hall–Kier alpha value is -1.10. The lowest BCUT2D eigenvalue weighted by Gasteiger charge is -2.30. The topological polar surface area (TPSA) is 44.7 Å². The average Bonchev–Trinajstić information content (AvgIpc) is 2.37. The number of nitrogens with one attached hydrogen (secondary N) is 1. The Morgan fingerprint density at radius 1 is 1.40 bits per heavy atom. The fraction of sp³-hybridized carbons (Fsp3) is 0.625. The molecule has 0 fully saturated rings. The van der Waals surface area contributed by atoms with Crippen LogP contribution in [0.4, 0.5) is 0 Å². The van der Waals surface area contributed by atoms with Gasteiger partial charge in [0.1, 0.15) is 5.75 Å². The van der Waals surface area contributed by atoms with Crippen LogP contribution in [0.25, 0.3) is 0 Å². The standard InChI is InChI=1S/C16H26N2O2/c1-16(19,12-18(2)3)11-17-10-13-8-9-20-15-7-5-4-6-14(13)15/h4-7,13,17,19H,8-12H2,1-3H3. The van der Waals surface area contributed by atoms with E-state index in [-0.39, 0.29) is 0 Å². The number of fused-ring (bicyclic) bond motifs is 1. The van der Waals surface area contributed by atoms with E-state index in [1.165, 1.54) is 5.56 Å². The molecule has 1 aromatic carbocycles. The van der Waals surface area contributed by atoms with Crippen molar-refractivity contribution in [1.82, 2.24) is 10.2 Å². The number of nitrogens with zero attached hydrogens (tertiary/aromatic N) is 1. The number of rotatable bonds is 6. The third-order valence-electron chi connectivity index (χ3n) is 3.64. The van der Waals surface area contributed by atoms with Crippen LogP contribution in [-0.4, -0.2) is 55.9 Å². The van der Waals surface area contributed by atoms with Crippen LogP contribution in [0.2, 0.25) is 0 Å². The summed E-state index contributed by atoms with van der Waals surface area (Å²) in [6.45, 7) is 4.79. The van der Waals surface area contributed by atoms with Crippen LogP contribution >= 0.6 is 0 Å². The molecule has 1 aliphatic heterocycles. The summed E-state index contributed by atoms with van der Waals surface area (Å²) in [5.74, 6) is 1.47. The minimum Gasteiger partial charge on any atom is -0.493 e. The highest BCUT2D eigenvalue weighted by molar-refractivity contribution is 5.37. The largest absolute Gasteiger partial charge is 0.493 e. The molecule has 0 aromatic heterocycles. The van der Waals surface area contributed by atoms with Gasteiger partial charge in [0.25, 0.3) is 0 Å². The van der Waals surface area contributed by atoms with Crippen molar-refractivity contribution in [1.29, 1.82) is 0 Å². The maximum absolute atomic E-state index is 10.3. The lowest BCUT2D eigenvalue weighted by Crippen LogP contribution is -2.46. The zero-order valence-electron chi connectivity index (χ0n) is 12.7. The molecule has 4 nitrogen and oxygen atoms in total. The zero-order chi connectivity index (χ0) is 14.6. The van der Waals surface area contributed by atoms with Gasteiger partial charge < -0.3 is 20.1 Å². The van der Waals surface area contributed by atoms with Gasteiger partial charge in [-0.2, -0.15) is 0 Å². The molecule has 1 aromatic rings. The van der Waals surface area contributed by atoms with Crippen molar-refractivity contribution in [2.24, 2.45) is 0 Å². The highest BCUT2D eigenvalue weighted by Gasteiger charge is 2.24. The predicted molar refractivity (Wildman–Crippen MR) is 81.3 cm³/mol. The second-order valence-corrected chi connectivity index (χ2v) is 6.24. The molecule has 1 heterocycles. The molecule has 0 aliphatic carbocycles. The molecular formula is C16H26N2O2. The number of hydrogen-bond acceptors (Lipinski definition) is 4. The van der Waals surface area contributed by atoms with Gasteiger partial charge in [-0.1, -0.05) is 18.2 Å². The van der Waals surface area contributed by atoms with E-state index in [2.05, 4.69) is 17.4 Å². The van der Waals surface area contributed by atoms with Gasteiger partial charge in [0, 0.05) is 25.6 Å². The number of benzene rings is 1. The summed E-state index contributed by atoms with van der Waals surface area (Å²) in [5, 5.41) is 13.7. The Bertz CT molecular complexity index is 432. The van der Waals surface area contributed by atoms with Crippen LogP contribution in [0.1, 0.15) is 24.8 Å². The molecule has 4 heteroatoms. The molecule has 2 atom stereocenters. The number of ether oxygens (including phenoxy) is 1. The first-order valence-electron chi connectivity index (χ1n) is 7.27. The average molecular weight is 278 g/mol. The highest BCUT2D eigenvalue weighted by Crippen LogP contribution is 2.32. The summed E-state index contributed by atoms with van der Waals surface area (Å²) in [4.78, 5) is 2.01. The molecule has 0 bridgehead atoms. The highest BCUT2D eigenvalue weighted by atomic mass is 16.5. The normalized spacial score (nSPS) is 21.1. The van der Waals surface area contributed by atoms with E-state index in [9.17, 15) is 5.11 Å². The zero-order valence-corrected chi connectivity index (χ0v) is 12.7. The summed E-state index contributed by atoms with van der Waals surface area (Å²) < 4.78 is 5.67. The predicted octanol–water partition coefficient (Wildman–Crippen LogP) is 1.45. The van der Waals surface area contributed by atoms with Gasteiger partial charge in [0.05, 0.1) is 12.2 Å². The Labute approximate surface area is 121 Å². The van der Waals surface area contributed by atoms with Crippen LogP contribution in [-0.2, 0) is 0 Å². The van der Waals surface area contributed by atoms with Crippen molar-refractivity contribution >= 4 is 0 Å². The lowest BCUT2D eigenvalue weighted by atomic mass is 9.93. The van der Waals surface area contributed by atoms with Crippen molar-refractivity contribution in [3.05, 3.63) is 29.8 Å². The van der Waals surface area contributed by atoms with Gasteiger partial charge in [-0.15, -0.1) is 0 Å². The van der Waals surface area contributed by atoms with Crippen molar-refractivity contribution < 1.29 is 9.84 Å². The Balaban J connectivity index is 1.86. The first-order chi connectivity index (χ1) is 9.48. The second kappa shape index (κ2) is 6.57. The van der Waals surface area contributed by atoms with Gasteiger partial charge in [0.15, 0.2) is 0 Å². The lowest BCUT2D eigenvalue weighted by molar-refractivity contribution is 0.0334. The molecule has 0 spiro atoms. The van der Waals surface area contributed by atoms with Gasteiger partial charge in [-0.3, -0.25) is 0 Å². The fourth-order valence-corrected chi connectivity index (χ4v) is 2.88. The number of para-hydroxylation sites is 1. The number of aliphatic hydroxyl groups is 1. The Morgan fingerprint density at radius 2 is 2.15 bits per heavy atom. The molecule has 112 valence electrons. The van der Waals surface area contributed by atoms with Crippen LogP contribution in [0.5, 0.6) is 5.75 Å². The number of likely N-dealkylation sites (N-methyl/N-ethyl adjacent to an activating group) is 1. The molecule has 20 heavy (non-hydrogen) atoms. The summed E-state index contributed by atoms with van der Waals surface area (Å²) in [6.07, 6.45) is 1.03. The van der Waals surface area contributed by atoms with Crippen molar-refractivity contribution in [2.75, 3.05) is 40.3 Å². The monoisotopic (exact) mass is 278 g/mol. The van der Waals surface area contributed by atoms with E-state index in [4.69, 9.17) is 4.74 Å². The van der Waals surface area contributed by atoms with E-state index < -0.39 is 5.60 Å². The molecule has 0 saturated heterocycles. The maximum atomic E-state index is 10.3. The summed E-state index contributed by atoms with van der Waals surface area (Å²) in [6, 6.07) is 8.24. The van der Waals surface area contributed by atoms with Crippen LogP contribution in [0, 0.1) is 0 Å². The third-order valence-corrected chi connectivity index (χ3v) is 3.64. The molecule has 1 aliphatic rings. The molecule has 2 rings (SSSR count). The fourth-order valence-electron chi connectivity index (χ4n) is 2.88. The Morgan fingerprint density at radius 3 is 2.90 bits per heavy atom. The van der Waals surface area contributed by atoms with Gasteiger partial charge >= 0.3 is 0 Å². The second-order valence-electron chi connectivity index (χ2n) is 6.24. The first kappa shape index (κ1) is 15.3. The molecular weight excluding hydrogens is 252 g/mol. The maximum Gasteiger partial charge on any atom is 0.122 e. The SMILES string of the molecule is CN(C)CC(C)(O)CNCC1CCOc2ccccc21. The quantitative estimate of drug-likeness (QED) is 0.827. The van der Waals surface area contributed by atoms with Crippen LogP contribution in [0.3, 0.4) is 0 Å². The van der Waals surface area contributed by atoms with Crippen molar-refractivity contribution in [3.8, 4) is 5.75 Å². The van der Waals surface area contributed by atoms with Gasteiger partial charge in [-0.05, 0) is 39.1 Å². The van der Waals surface area contributed by atoms with E-state index in [1.54, 1.807) is 0 Å². The van der Waals surface area contributed by atoms with E-state index in [0.29, 0.717) is 19.0 Å².